The zero-order valence-electron chi connectivity index (χ0n) is 28.3. The summed E-state index contributed by atoms with van der Waals surface area (Å²) in [7, 11) is 0. The van der Waals surface area contributed by atoms with Crippen LogP contribution in [0.2, 0.25) is 0 Å². The lowest BCUT2D eigenvalue weighted by Crippen LogP contribution is -2.54. The molecule has 5 amide bonds. The summed E-state index contributed by atoms with van der Waals surface area (Å²) in [6, 6.07) is 4.56. The first-order valence-electron chi connectivity index (χ1n) is 15.7. The predicted molar refractivity (Wildman–Crippen MR) is 173 cm³/mol. The van der Waals surface area contributed by atoms with E-state index < -0.39 is 40.8 Å². The SMILES string of the molecule is CCCCCC(=O)NC(C(=O)NCC(=O)NC(Cc1ccc(O)cc1)C(=O)NCC(C)(C)COCC(C)(C)NC(C)=O)C(C)C. The largest absolute Gasteiger partial charge is 0.508 e. The van der Waals surface area contributed by atoms with Gasteiger partial charge in [-0.3, -0.25) is 24.0 Å². The highest BCUT2D eigenvalue weighted by Crippen LogP contribution is 2.16. The second kappa shape index (κ2) is 19.0. The van der Waals surface area contributed by atoms with Crippen molar-refractivity contribution >= 4 is 29.5 Å². The fourth-order valence-corrected chi connectivity index (χ4v) is 4.51. The van der Waals surface area contributed by atoms with Crippen LogP contribution in [-0.2, 0) is 35.1 Å². The van der Waals surface area contributed by atoms with Crippen LogP contribution in [-0.4, -0.2) is 78.6 Å². The number of benzene rings is 1. The Morgan fingerprint density at radius 2 is 1.51 bits per heavy atom. The topological polar surface area (TPSA) is 175 Å². The summed E-state index contributed by atoms with van der Waals surface area (Å²) in [4.78, 5) is 62.8. The van der Waals surface area contributed by atoms with Crippen molar-refractivity contribution in [3.8, 4) is 5.75 Å². The van der Waals surface area contributed by atoms with Crippen LogP contribution in [0.4, 0.5) is 0 Å². The molecule has 0 saturated carbocycles. The summed E-state index contributed by atoms with van der Waals surface area (Å²) < 4.78 is 5.84. The van der Waals surface area contributed by atoms with E-state index in [4.69, 9.17) is 4.74 Å². The van der Waals surface area contributed by atoms with Gasteiger partial charge in [0.05, 0.1) is 25.3 Å². The molecule has 0 aliphatic heterocycles. The molecule has 0 saturated heterocycles. The number of ether oxygens (including phenoxy) is 1. The Hall–Kier alpha value is -3.67. The molecule has 1 aromatic carbocycles. The van der Waals surface area contributed by atoms with E-state index in [0.717, 1.165) is 19.3 Å². The fourth-order valence-electron chi connectivity index (χ4n) is 4.51. The maximum absolute atomic E-state index is 13.3. The summed E-state index contributed by atoms with van der Waals surface area (Å²) in [6.07, 6.45) is 3.12. The first kappa shape index (κ1) is 39.4. The number of hydrogen-bond acceptors (Lipinski definition) is 7. The van der Waals surface area contributed by atoms with E-state index in [1.807, 2.05) is 48.5 Å². The standard InChI is InChI=1S/C33H55N5O7/c1-9-10-11-12-27(41)37-29(22(2)3)31(44)34-18-28(42)36-26(17-24-13-15-25(40)16-14-24)30(43)35-19-32(5,6)20-45-21-33(7,8)38-23(4)39/h13-16,22,26,29,40H,9-12,17-21H2,1-8H3,(H,34,44)(H,35,43)(H,36,42)(H,37,41)(H,38,39). The molecule has 0 aliphatic rings. The lowest BCUT2D eigenvalue weighted by Gasteiger charge is -2.30. The van der Waals surface area contributed by atoms with E-state index in [1.165, 1.54) is 19.1 Å². The Morgan fingerprint density at radius 3 is 2.09 bits per heavy atom. The van der Waals surface area contributed by atoms with E-state index in [1.54, 1.807) is 12.1 Å². The number of phenolic OH excluding ortho intramolecular Hbond substituents is 1. The number of rotatable bonds is 20. The third kappa shape index (κ3) is 16.8. The number of carbonyl (C=O) groups excluding carboxylic acids is 5. The number of unbranched alkanes of at least 4 members (excludes halogenated alkanes) is 2. The second-order valence-corrected chi connectivity index (χ2v) is 13.4. The van der Waals surface area contributed by atoms with Gasteiger partial charge in [0.1, 0.15) is 17.8 Å². The molecule has 1 rings (SSSR count). The highest BCUT2D eigenvalue weighted by atomic mass is 16.5. The van der Waals surface area contributed by atoms with Crippen LogP contribution in [0.1, 0.15) is 86.6 Å². The Balaban J connectivity index is 2.82. The van der Waals surface area contributed by atoms with Crippen LogP contribution < -0.4 is 26.6 Å². The highest BCUT2D eigenvalue weighted by Gasteiger charge is 2.28. The average Bonchev–Trinajstić information content (AvgIpc) is 2.93. The number of amides is 5. The van der Waals surface area contributed by atoms with E-state index in [9.17, 15) is 29.1 Å². The molecule has 45 heavy (non-hydrogen) atoms. The average molecular weight is 634 g/mol. The zero-order valence-corrected chi connectivity index (χ0v) is 28.3. The van der Waals surface area contributed by atoms with Crippen LogP contribution in [0, 0.1) is 11.3 Å². The van der Waals surface area contributed by atoms with Gasteiger partial charge in [0.25, 0.3) is 0 Å². The van der Waals surface area contributed by atoms with E-state index in [-0.39, 0.29) is 49.6 Å². The van der Waals surface area contributed by atoms with Crippen LogP contribution in [0.25, 0.3) is 0 Å². The summed E-state index contributed by atoms with van der Waals surface area (Å²) >= 11 is 0. The molecule has 1 aromatic rings. The molecule has 0 aliphatic carbocycles. The molecule has 0 spiro atoms. The van der Waals surface area contributed by atoms with Crippen molar-refractivity contribution in [2.75, 3.05) is 26.3 Å². The van der Waals surface area contributed by atoms with Gasteiger partial charge in [-0.1, -0.05) is 59.6 Å². The number of carbonyl (C=O) groups is 5. The Labute approximate surface area is 268 Å². The Bertz CT molecular complexity index is 1120. The molecule has 2 atom stereocenters. The molecule has 0 fully saturated rings. The summed E-state index contributed by atoms with van der Waals surface area (Å²) in [5, 5.41) is 23.4. The van der Waals surface area contributed by atoms with Crippen molar-refractivity contribution < 1.29 is 33.8 Å². The number of hydrogen-bond donors (Lipinski definition) is 6. The predicted octanol–water partition coefficient (Wildman–Crippen LogP) is 2.33. The first-order valence-corrected chi connectivity index (χ1v) is 15.7. The Kier molecular flexibility index (Phi) is 16.6. The summed E-state index contributed by atoms with van der Waals surface area (Å²) in [5.74, 6) is -1.95. The number of phenols is 1. The summed E-state index contributed by atoms with van der Waals surface area (Å²) in [5.41, 5.74) is -0.295. The molecule has 0 bridgehead atoms. The van der Waals surface area contributed by atoms with Crippen LogP contribution in [0.15, 0.2) is 24.3 Å². The van der Waals surface area contributed by atoms with Gasteiger partial charge in [-0.05, 0) is 43.9 Å². The van der Waals surface area contributed by atoms with Crippen molar-refractivity contribution in [1.82, 2.24) is 26.6 Å². The molecule has 12 heteroatoms. The molecule has 0 radical (unpaired) electrons. The molecule has 254 valence electrons. The fraction of sp³-hybridized carbons (Fsp3) is 0.667. The van der Waals surface area contributed by atoms with Crippen LogP contribution in [0.3, 0.4) is 0 Å². The van der Waals surface area contributed by atoms with Crippen molar-refractivity contribution in [3.63, 3.8) is 0 Å². The van der Waals surface area contributed by atoms with Crippen molar-refractivity contribution in [2.45, 2.75) is 105 Å². The normalized spacial score (nSPS) is 13.0. The Morgan fingerprint density at radius 1 is 0.867 bits per heavy atom. The molecule has 2 unspecified atom stereocenters. The van der Waals surface area contributed by atoms with Gasteiger partial charge in [-0.15, -0.1) is 0 Å². The second-order valence-electron chi connectivity index (χ2n) is 13.4. The first-order chi connectivity index (χ1) is 20.9. The number of nitrogens with one attached hydrogen (secondary N) is 5. The molecular formula is C33H55N5O7. The smallest absolute Gasteiger partial charge is 0.243 e. The van der Waals surface area contributed by atoms with Crippen LogP contribution in [0.5, 0.6) is 5.75 Å². The van der Waals surface area contributed by atoms with E-state index in [2.05, 4.69) is 26.6 Å². The van der Waals surface area contributed by atoms with Crippen molar-refractivity contribution in [1.29, 1.82) is 0 Å². The minimum Gasteiger partial charge on any atom is -0.508 e. The molecule has 0 aromatic heterocycles. The molecular weight excluding hydrogens is 578 g/mol. The molecule has 12 nitrogen and oxygen atoms in total. The quantitative estimate of drug-likeness (QED) is 0.120. The third-order valence-corrected chi connectivity index (χ3v) is 6.94. The van der Waals surface area contributed by atoms with Gasteiger partial charge < -0.3 is 36.4 Å². The maximum Gasteiger partial charge on any atom is 0.243 e. The van der Waals surface area contributed by atoms with E-state index in [0.29, 0.717) is 18.6 Å². The van der Waals surface area contributed by atoms with Crippen LogP contribution >= 0.6 is 0 Å². The monoisotopic (exact) mass is 633 g/mol. The third-order valence-electron chi connectivity index (χ3n) is 6.94. The molecule has 0 heterocycles. The van der Waals surface area contributed by atoms with Gasteiger partial charge >= 0.3 is 0 Å². The lowest BCUT2D eigenvalue weighted by molar-refractivity contribution is -0.132. The van der Waals surface area contributed by atoms with Crippen molar-refractivity contribution in [3.05, 3.63) is 29.8 Å². The minimum absolute atomic E-state index is 0.0760. The minimum atomic E-state index is -0.964. The zero-order chi connectivity index (χ0) is 34.2. The number of aromatic hydroxyl groups is 1. The lowest BCUT2D eigenvalue weighted by atomic mass is 9.94. The summed E-state index contributed by atoms with van der Waals surface area (Å²) in [6.45, 7) is 15.1. The van der Waals surface area contributed by atoms with Gasteiger partial charge in [0.15, 0.2) is 0 Å². The van der Waals surface area contributed by atoms with Gasteiger partial charge in [0, 0.05) is 31.7 Å². The van der Waals surface area contributed by atoms with Gasteiger partial charge in [0.2, 0.25) is 29.5 Å². The van der Waals surface area contributed by atoms with Gasteiger partial charge in [-0.2, -0.15) is 0 Å². The van der Waals surface area contributed by atoms with Gasteiger partial charge in [-0.25, -0.2) is 0 Å². The van der Waals surface area contributed by atoms with E-state index >= 15 is 0 Å². The van der Waals surface area contributed by atoms with Crippen molar-refractivity contribution in [2.24, 2.45) is 11.3 Å². The highest BCUT2D eigenvalue weighted by molar-refractivity contribution is 5.92. The maximum atomic E-state index is 13.3. The molecule has 6 N–H and O–H groups in total.